The molecule has 2 atom stereocenters. The summed E-state index contributed by atoms with van der Waals surface area (Å²) in [4.78, 5) is 9.66. The van der Waals surface area contributed by atoms with Crippen molar-refractivity contribution in [3.63, 3.8) is 0 Å². The summed E-state index contributed by atoms with van der Waals surface area (Å²) in [7, 11) is 0. The van der Waals surface area contributed by atoms with Crippen LogP contribution in [0.25, 0.3) is 0 Å². The first-order valence-electron chi connectivity index (χ1n) is 9.22. The van der Waals surface area contributed by atoms with Crippen molar-refractivity contribution in [1.29, 1.82) is 0 Å². The van der Waals surface area contributed by atoms with Crippen LogP contribution in [-0.4, -0.2) is 58.2 Å². The van der Waals surface area contributed by atoms with Gasteiger partial charge in [0.15, 0.2) is 0 Å². The minimum atomic E-state index is -0.216. The van der Waals surface area contributed by atoms with Gasteiger partial charge >= 0.3 is 0 Å². The van der Waals surface area contributed by atoms with Crippen LogP contribution in [0.2, 0.25) is 0 Å². The standard InChI is InChI=1S/C18H31N3OS/c1-14(2)15-13-23-18(19-15)12-20-10-7-16(17(22)11-20)21-8-5-3-4-6-9-21/h13-14,16-17,22H,3-12H2,1-2H3/t16-,17-/m1/s1. The highest BCUT2D eigenvalue weighted by Crippen LogP contribution is 2.24. The van der Waals surface area contributed by atoms with Crippen LogP contribution in [-0.2, 0) is 6.54 Å². The summed E-state index contributed by atoms with van der Waals surface area (Å²) in [5.41, 5.74) is 1.20. The number of hydrogen-bond acceptors (Lipinski definition) is 5. The Balaban J connectivity index is 1.53. The van der Waals surface area contributed by atoms with Gasteiger partial charge in [0.25, 0.3) is 0 Å². The molecule has 0 spiro atoms. The quantitative estimate of drug-likeness (QED) is 0.916. The summed E-state index contributed by atoms with van der Waals surface area (Å²) in [6.45, 7) is 9.48. The SMILES string of the molecule is CC(C)c1csc(CN2CC[C@@H](N3CCCCCC3)[C@H](O)C2)n1. The van der Waals surface area contributed by atoms with Gasteiger partial charge in [-0.2, -0.15) is 0 Å². The van der Waals surface area contributed by atoms with E-state index in [0.717, 1.165) is 26.1 Å². The van der Waals surface area contributed by atoms with E-state index in [1.54, 1.807) is 11.3 Å². The Morgan fingerprint density at radius 3 is 2.57 bits per heavy atom. The fourth-order valence-corrected chi connectivity index (χ4v) is 4.83. The van der Waals surface area contributed by atoms with Crippen molar-refractivity contribution < 1.29 is 5.11 Å². The van der Waals surface area contributed by atoms with E-state index in [2.05, 4.69) is 29.0 Å². The minimum Gasteiger partial charge on any atom is -0.390 e. The highest BCUT2D eigenvalue weighted by atomic mass is 32.1. The summed E-state index contributed by atoms with van der Waals surface area (Å²) in [5.74, 6) is 0.499. The molecule has 1 aromatic heterocycles. The van der Waals surface area contributed by atoms with E-state index >= 15 is 0 Å². The average molecular weight is 338 g/mol. The molecule has 0 aromatic carbocycles. The van der Waals surface area contributed by atoms with E-state index in [1.807, 2.05) is 0 Å². The summed E-state index contributed by atoms with van der Waals surface area (Å²) in [6.07, 6.45) is 6.17. The number of nitrogens with zero attached hydrogens (tertiary/aromatic N) is 3. The van der Waals surface area contributed by atoms with Crippen molar-refractivity contribution in [1.82, 2.24) is 14.8 Å². The number of rotatable bonds is 4. The van der Waals surface area contributed by atoms with Gasteiger partial charge < -0.3 is 5.11 Å². The molecular weight excluding hydrogens is 306 g/mol. The van der Waals surface area contributed by atoms with Crippen molar-refractivity contribution in [2.75, 3.05) is 26.2 Å². The third-order valence-electron chi connectivity index (χ3n) is 5.26. The van der Waals surface area contributed by atoms with Crippen LogP contribution in [0.4, 0.5) is 0 Å². The van der Waals surface area contributed by atoms with Crippen molar-refractivity contribution in [3.05, 3.63) is 16.1 Å². The Hall–Kier alpha value is -0.490. The lowest BCUT2D eigenvalue weighted by atomic mass is 9.99. The van der Waals surface area contributed by atoms with E-state index < -0.39 is 0 Å². The first-order valence-corrected chi connectivity index (χ1v) is 10.1. The zero-order valence-corrected chi connectivity index (χ0v) is 15.4. The molecule has 2 aliphatic rings. The average Bonchev–Trinajstić information content (AvgIpc) is 2.82. The molecule has 0 radical (unpaired) electrons. The van der Waals surface area contributed by atoms with Gasteiger partial charge in [0.1, 0.15) is 5.01 Å². The minimum absolute atomic E-state index is 0.216. The molecule has 0 amide bonds. The monoisotopic (exact) mass is 337 g/mol. The molecule has 3 rings (SSSR count). The van der Waals surface area contributed by atoms with Crippen LogP contribution in [0.3, 0.4) is 0 Å². The molecule has 1 aromatic rings. The predicted octanol–water partition coefficient (Wildman–Crippen LogP) is 3.08. The van der Waals surface area contributed by atoms with Gasteiger partial charge in [-0.15, -0.1) is 11.3 Å². The smallest absolute Gasteiger partial charge is 0.107 e. The van der Waals surface area contributed by atoms with E-state index in [0.29, 0.717) is 12.0 Å². The number of hydrogen-bond donors (Lipinski definition) is 1. The lowest BCUT2D eigenvalue weighted by molar-refractivity contribution is -0.0144. The fourth-order valence-electron chi connectivity index (χ4n) is 3.84. The molecule has 2 saturated heterocycles. The van der Waals surface area contributed by atoms with E-state index in [4.69, 9.17) is 4.98 Å². The normalized spacial score (nSPS) is 28.2. The third kappa shape index (κ3) is 4.53. The molecule has 3 heterocycles. The maximum absolute atomic E-state index is 10.7. The lowest BCUT2D eigenvalue weighted by Gasteiger charge is -2.41. The van der Waals surface area contributed by atoms with Gasteiger partial charge in [0, 0.05) is 24.5 Å². The third-order valence-corrected chi connectivity index (χ3v) is 6.11. The van der Waals surface area contributed by atoms with Crippen LogP contribution < -0.4 is 0 Å². The van der Waals surface area contributed by atoms with E-state index in [1.165, 1.54) is 49.5 Å². The molecule has 2 aliphatic heterocycles. The number of likely N-dealkylation sites (tertiary alicyclic amines) is 2. The molecule has 0 aliphatic carbocycles. The Bertz CT molecular complexity index is 482. The summed E-state index contributed by atoms with van der Waals surface area (Å²) >= 11 is 1.76. The second-order valence-electron chi connectivity index (χ2n) is 7.43. The van der Waals surface area contributed by atoms with Crippen molar-refractivity contribution in [2.24, 2.45) is 0 Å². The van der Waals surface area contributed by atoms with E-state index in [9.17, 15) is 5.11 Å². The van der Waals surface area contributed by atoms with Gasteiger partial charge in [-0.25, -0.2) is 4.98 Å². The first-order chi connectivity index (χ1) is 11.1. The molecule has 130 valence electrons. The summed E-state index contributed by atoms with van der Waals surface area (Å²) in [6, 6.07) is 0.367. The lowest BCUT2D eigenvalue weighted by Crippen LogP contribution is -2.54. The molecule has 2 fully saturated rings. The second-order valence-corrected chi connectivity index (χ2v) is 8.37. The highest BCUT2D eigenvalue weighted by molar-refractivity contribution is 7.09. The van der Waals surface area contributed by atoms with Gasteiger partial charge in [-0.05, 0) is 38.3 Å². The summed E-state index contributed by atoms with van der Waals surface area (Å²) in [5, 5.41) is 14.0. The Morgan fingerprint density at radius 2 is 1.96 bits per heavy atom. The number of piperidine rings is 1. The van der Waals surface area contributed by atoms with Crippen LogP contribution in [0.15, 0.2) is 5.38 Å². The molecule has 1 N–H and O–H groups in total. The van der Waals surface area contributed by atoms with Crippen LogP contribution >= 0.6 is 11.3 Å². The summed E-state index contributed by atoms with van der Waals surface area (Å²) < 4.78 is 0. The molecule has 23 heavy (non-hydrogen) atoms. The van der Waals surface area contributed by atoms with Crippen molar-refractivity contribution in [2.45, 2.75) is 70.6 Å². The number of aliphatic hydroxyl groups excluding tert-OH is 1. The zero-order valence-electron chi connectivity index (χ0n) is 14.6. The predicted molar refractivity (Wildman–Crippen MR) is 95.9 cm³/mol. The van der Waals surface area contributed by atoms with Crippen LogP contribution in [0.1, 0.15) is 62.6 Å². The van der Waals surface area contributed by atoms with Crippen molar-refractivity contribution >= 4 is 11.3 Å². The fraction of sp³-hybridized carbons (Fsp3) is 0.833. The maximum Gasteiger partial charge on any atom is 0.107 e. The van der Waals surface area contributed by atoms with E-state index in [-0.39, 0.29) is 6.10 Å². The second kappa shape index (κ2) is 8.06. The maximum atomic E-state index is 10.7. The molecule has 4 nitrogen and oxygen atoms in total. The molecule has 0 bridgehead atoms. The van der Waals surface area contributed by atoms with Crippen LogP contribution in [0, 0.1) is 0 Å². The topological polar surface area (TPSA) is 39.6 Å². The van der Waals surface area contributed by atoms with Crippen LogP contribution in [0.5, 0.6) is 0 Å². The van der Waals surface area contributed by atoms with Gasteiger partial charge in [-0.3, -0.25) is 9.80 Å². The number of aliphatic hydroxyl groups is 1. The molecule has 0 saturated carbocycles. The number of aromatic nitrogens is 1. The number of β-amino-alcohol motifs (C(OH)–C–C–N with tert-alkyl or cyclic N) is 1. The van der Waals surface area contributed by atoms with Gasteiger partial charge in [0.2, 0.25) is 0 Å². The van der Waals surface area contributed by atoms with Gasteiger partial charge in [0.05, 0.1) is 18.3 Å². The molecule has 5 heteroatoms. The molecular formula is C18H31N3OS. The Kier molecular flexibility index (Phi) is 6.07. The zero-order chi connectivity index (χ0) is 16.2. The highest BCUT2D eigenvalue weighted by Gasteiger charge is 2.32. The van der Waals surface area contributed by atoms with Gasteiger partial charge in [-0.1, -0.05) is 26.7 Å². The number of thiazole rings is 1. The van der Waals surface area contributed by atoms with Crippen molar-refractivity contribution in [3.8, 4) is 0 Å². The Morgan fingerprint density at radius 1 is 1.22 bits per heavy atom. The Labute approximate surface area is 144 Å². The molecule has 0 unspecified atom stereocenters. The largest absolute Gasteiger partial charge is 0.390 e. The first kappa shape index (κ1) is 17.3.